The van der Waals surface area contributed by atoms with Gasteiger partial charge in [0.25, 0.3) is 0 Å². The van der Waals surface area contributed by atoms with Crippen LogP contribution in [0.1, 0.15) is 0 Å². The first-order valence-electron chi connectivity index (χ1n) is 6.97. The summed E-state index contributed by atoms with van der Waals surface area (Å²) in [6, 6.07) is 17.1. The molecule has 0 saturated heterocycles. The van der Waals surface area contributed by atoms with Crippen LogP contribution in [0, 0.1) is 0 Å². The van der Waals surface area contributed by atoms with Crippen molar-refractivity contribution >= 4 is 69.2 Å². The average Bonchev–Trinajstić information content (AvgIpc) is 2.94. The Bertz CT molecular complexity index is 1190. The number of halogens is 1. The van der Waals surface area contributed by atoms with Gasteiger partial charge in [0.2, 0.25) is 0 Å². The highest BCUT2D eigenvalue weighted by atomic mass is 79.9. The molecule has 0 bridgehead atoms. The van der Waals surface area contributed by atoms with Crippen molar-refractivity contribution < 1.29 is 0 Å². The fourth-order valence-corrected chi connectivity index (χ4v) is 4.56. The lowest BCUT2D eigenvalue weighted by Crippen LogP contribution is -1.82. The fourth-order valence-electron chi connectivity index (χ4n) is 3.14. The highest BCUT2D eigenvalue weighted by molar-refractivity contribution is 9.10. The molecule has 0 N–H and O–H groups in total. The van der Waals surface area contributed by atoms with E-state index in [4.69, 9.17) is 0 Å². The maximum absolute atomic E-state index is 4.69. The van der Waals surface area contributed by atoms with E-state index < -0.39 is 0 Å². The zero-order valence-corrected chi connectivity index (χ0v) is 13.8. The minimum absolute atomic E-state index is 0.775. The van der Waals surface area contributed by atoms with Gasteiger partial charge in [-0.15, -0.1) is 11.3 Å². The van der Waals surface area contributed by atoms with Crippen LogP contribution in [0.2, 0.25) is 0 Å². The molecule has 104 valence electrons. The molecule has 0 atom stereocenters. The fraction of sp³-hybridized carbons (Fsp3) is 0. The first-order chi connectivity index (χ1) is 10.8. The van der Waals surface area contributed by atoms with Gasteiger partial charge in [0.05, 0.1) is 6.20 Å². The van der Waals surface area contributed by atoms with Crippen LogP contribution in [0.5, 0.6) is 0 Å². The van der Waals surface area contributed by atoms with Gasteiger partial charge < -0.3 is 0 Å². The van der Waals surface area contributed by atoms with Gasteiger partial charge >= 0.3 is 0 Å². The van der Waals surface area contributed by atoms with Crippen LogP contribution in [0.4, 0.5) is 0 Å². The van der Waals surface area contributed by atoms with Crippen molar-refractivity contribution in [1.29, 1.82) is 0 Å². The number of fused-ring (bicyclic) bond motifs is 8. The molecule has 0 amide bonds. The Balaban J connectivity index is 2.22. The van der Waals surface area contributed by atoms with Crippen molar-refractivity contribution in [1.82, 2.24) is 9.97 Å². The SMILES string of the molecule is Brc1cnc2sc3c4ccccc4c4ccccc4c3c2n1. The Morgan fingerprint density at radius 3 is 2.23 bits per heavy atom. The van der Waals surface area contributed by atoms with Crippen molar-refractivity contribution in [3.63, 3.8) is 0 Å². The summed E-state index contributed by atoms with van der Waals surface area (Å²) in [4.78, 5) is 10.2. The molecule has 0 fully saturated rings. The molecule has 2 nitrogen and oxygen atoms in total. The highest BCUT2D eigenvalue weighted by Crippen LogP contribution is 2.42. The molecule has 22 heavy (non-hydrogen) atoms. The predicted molar refractivity (Wildman–Crippen MR) is 97.6 cm³/mol. The van der Waals surface area contributed by atoms with Crippen LogP contribution in [0.15, 0.2) is 59.3 Å². The molecule has 5 aromatic rings. The molecule has 0 spiro atoms. The summed E-state index contributed by atoms with van der Waals surface area (Å²) < 4.78 is 2.04. The molecule has 0 aliphatic heterocycles. The van der Waals surface area contributed by atoms with E-state index in [9.17, 15) is 0 Å². The van der Waals surface area contributed by atoms with E-state index >= 15 is 0 Å². The zero-order chi connectivity index (χ0) is 14.7. The second kappa shape index (κ2) is 4.48. The van der Waals surface area contributed by atoms with Gasteiger partial charge in [-0.05, 0) is 32.1 Å². The zero-order valence-electron chi connectivity index (χ0n) is 11.4. The van der Waals surface area contributed by atoms with E-state index in [1.807, 2.05) is 0 Å². The van der Waals surface area contributed by atoms with Crippen molar-refractivity contribution in [2.45, 2.75) is 0 Å². The van der Waals surface area contributed by atoms with Gasteiger partial charge in [0.15, 0.2) is 0 Å². The lowest BCUT2D eigenvalue weighted by Gasteiger charge is -2.06. The lowest BCUT2D eigenvalue weighted by atomic mass is 9.99. The first-order valence-corrected chi connectivity index (χ1v) is 8.58. The highest BCUT2D eigenvalue weighted by Gasteiger charge is 2.15. The van der Waals surface area contributed by atoms with Crippen LogP contribution >= 0.6 is 27.3 Å². The summed E-state index contributed by atoms with van der Waals surface area (Å²) in [6.07, 6.45) is 1.77. The molecule has 0 aliphatic carbocycles. The molecular formula is C18H9BrN2S. The maximum Gasteiger partial charge on any atom is 0.143 e. The van der Waals surface area contributed by atoms with Crippen molar-refractivity contribution in [2.24, 2.45) is 0 Å². The van der Waals surface area contributed by atoms with Crippen LogP contribution in [-0.4, -0.2) is 9.97 Å². The Morgan fingerprint density at radius 2 is 1.45 bits per heavy atom. The van der Waals surface area contributed by atoms with Gasteiger partial charge in [-0.2, -0.15) is 0 Å². The largest absolute Gasteiger partial charge is 0.241 e. The summed E-state index contributed by atoms with van der Waals surface area (Å²) >= 11 is 5.17. The van der Waals surface area contributed by atoms with Gasteiger partial charge in [0.1, 0.15) is 15.0 Å². The summed E-state index contributed by atoms with van der Waals surface area (Å²) in [5.41, 5.74) is 0.983. The monoisotopic (exact) mass is 364 g/mol. The first kappa shape index (κ1) is 12.5. The standard InChI is InChI=1S/C18H9BrN2S/c19-14-9-20-18-16(21-14)15-12-7-3-1-5-10(12)11-6-2-4-8-13(11)17(15)22-18/h1-9H. The van der Waals surface area contributed by atoms with Gasteiger partial charge in [-0.25, -0.2) is 9.97 Å². The minimum Gasteiger partial charge on any atom is -0.241 e. The lowest BCUT2D eigenvalue weighted by molar-refractivity contribution is 1.27. The van der Waals surface area contributed by atoms with Crippen LogP contribution in [0.25, 0.3) is 42.0 Å². The van der Waals surface area contributed by atoms with Crippen molar-refractivity contribution in [3.05, 3.63) is 59.3 Å². The summed E-state index contributed by atoms with van der Waals surface area (Å²) in [5, 5.41) is 6.29. The number of rotatable bonds is 0. The van der Waals surface area contributed by atoms with Crippen LogP contribution in [-0.2, 0) is 0 Å². The molecular weight excluding hydrogens is 356 g/mol. The molecule has 4 heteroatoms. The third-order valence-electron chi connectivity index (χ3n) is 4.03. The van der Waals surface area contributed by atoms with E-state index in [0.717, 1.165) is 15.0 Å². The molecule has 0 unspecified atom stereocenters. The molecule has 3 aromatic carbocycles. The molecule has 5 rings (SSSR count). The van der Waals surface area contributed by atoms with Gasteiger partial charge in [-0.1, -0.05) is 48.5 Å². The minimum atomic E-state index is 0.775. The molecule has 2 heterocycles. The summed E-state index contributed by atoms with van der Waals surface area (Å²) in [5.74, 6) is 0. The molecule has 0 saturated carbocycles. The second-order valence-electron chi connectivity index (χ2n) is 5.24. The Hall–Kier alpha value is -2.04. The topological polar surface area (TPSA) is 25.8 Å². The number of benzene rings is 3. The number of aromatic nitrogens is 2. The number of hydrogen-bond acceptors (Lipinski definition) is 3. The molecule has 0 radical (unpaired) electrons. The second-order valence-corrected chi connectivity index (χ2v) is 7.06. The smallest absolute Gasteiger partial charge is 0.143 e. The number of thiophene rings is 1. The van der Waals surface area contributed by atoms with E-state index in [2.05, 4.69) is 74.4 Å². The summed E-state index contributed by atoms with van der Waals surface area (Å²) in [6.45, 7) is 0. The van der Waals surface area contributed by atoms with Crippen molar-refractivity contribution in [2.75, 3.05) is 0 Å². The Morgan fingerprint density at radius 1 is 0.818 bits per heavy atom. The third-order valence-corrected chi connectivity index (χ3v) is 5.53. The van der Waals surface area contributed by atoms with Crippen molar-refractivity contribution in [3.8, 4) is 0 Å². The number of hydrogen-bond donors (Lipinski definition) is 0. The van der Waals surface area contributed by atoms with E-state index in [-0.39, 0.29) is 0 Å². The maximum atomic E-state index is 4.69. The Kier molecular flexibility index (Phi) is 2.54. The van der Waals surface area contributed by atoms with E-state index in [0.29, 0.717) is 0 Å². The molecule has 2 aromatic heterocycles. The average molecular weight is 365 g/mol. The Labute approximate surface area is 138 Å². The quantitative estimate of drug-likeness (QED) is 0.319. The van der Waals surface area contributed by atoms with Crippen LogP contribution in [0.3, 0.4) is 0 Å². The normalized spacial score (nSPS) is 11.9. The molecule has 0 aliphatic rings. The number of nitrogens with zero attached hydrogens (tertiary/aromatic N) is 2. The van der Waals surface area contributed by atoms with E-state index in [1.54, 1.807) is 17.5 Å². The summed E-state index contributed by atoms with van der Waals surface area (Å²) in [7, 11) is 0. The predicted octanol–water partition coefficient (Wildman–Crippen LogP) is 5.91. The van der Waals surface area contributed by atoms with Crippen LogP contribution < -0.4 is 0 Å². The van der Waals surface area contributed by atoms with E-state index in [1.165, 1.54) is 31.6 Å². The third kappa shape index (κ3) is 1.59. The van der Waals surface area contributed by atoms with Gasteiger partial charge in [0, 0.05) is 15.5 Å². The van der Waals surface area contributed by atoms with Gasteiger partial charge in [-0.3, -0.25) is 0 Å².